The number of nitrogens with one attached hydrogen (secondary N) is 2. The van der Waals surface area contributed by atoms with Crippen molar-refractivity contribution in [2.24, 2.45) is 7.05 Å². The normalized spacial score (nSPS) is 17.0. The molecule has 4 rings (SSSR count). The first kappa shape index (κ1) is 31.8. The number of aromatic amines is 1. The maximum Gasteiger partial charge on any atom is 0.407 e. The Morgan fingerprint density at radius 3 is 2.28 bits per heavy atom. The van der Waals surface area contributed by atoms with E-state index in [4.69, 9.17) is 0 Å². The van der Waals surface area contributed by atoms with E-state index in [1.165, 1.54) is 0 Å². The van der Waals surface area contributed by atoms with Gasteiger partial charge in [-0.1, -0.05) is 0 Å². The Morgan fingerprint density at radius 2 is 1.74 bits per heavy atom. The highest BCUT2D eigenvalue weighted by molar-refractivity contribution is 5.98. The standard InChI is InChI=1S/C33H46N6O4/c1-9-38(24-10-12-25(13-11-24)39(32(42)43)33(5,6)7)28-18-23(29-34-14-15-37(29)8)17-26(22(28)4)30(40)35-19-27-20(2)16-21(3)36-31(27)41/h14-18,24-25H,9-13,19H2,1-8H3,(H,35,40)(H,36,41)(H,42,43). The quantitative estimate of drug-likeness (QED) is 0.316. The SMILES string of the molecule is CCN(c1cc(-c2nccn2C)cc(C(=O)NCc2c(C)cc(C)[nH]c2=O)c1C)C1CCC(N(C(=O)O)C(C)(C)C)CC1. The minimum atomic E-state index is -0.875. The van der Waals surface area contributed by atoms with Crippen molar-refractivity contribution in [2.45, 2.75) is 98.3 Å². The molecule has 1 saturated carbocycles. The Bertz CT molecular complexity index is 1540. The molecule has 0 radical (unpaired) electrons. The van der Waals surface area contributed by atoms with Gasteiger partial charge in [-0.05, 0) is 103 Å². The number of imidazole rings is 1. The third kappa shape index (κ3) is 6.78. The van der Waals surface area contributed by atoms with Gasteiger partial charge in [0.1, 0.15) is 5.82 Å². The van der Waals surface area contributed by atoms with Crippen LogP contribution in [0.4, 0.5) is 10.5 Å². The molecule has 0 atom stereocenters. The van der Waals surface area contributed by atoms with E-state index in [1.807, 2.05) is 71.5 Å². The van der Waals surface area contributed by atoms with Gasteiger partial charge in [-0.25, -0.2) is 9.78 Å². The Hall–Kier alpha value is -4.08. The molecular weight excluding hydrogens is 544 g/mol. The third-order valence-electron chi connectivity index (χ3n) is 8.67. The number of aromatic nitrogens is 3. The van der Waals surface area contributed by atoms with Crippen LogP contribution >= 0.6 is 0 Å². The van der Waals surface area contributed by atoms with Gasteiger partial charge in [-0.3, -0.25) is 9.59 Å². The van der Waals surface area contributed by atoms with Crippen LogP contribution in [0.3, 0.4) is 0 Å². The summed E-state index contributed by atoms with van der Waals surface area (Å²) in [6, 6.07) is 6.07. The zero-order valence-corrected chi connectivity index (χ0v) is 26.7. The molecule has 0 saturated heterocycles. The zero-order valence-electron chi connectivity index (χ0n) is 26.7. The maximum atomic E-state index is 13.7. The molecule has 2 aromatic heterocycles. The minimum Gasteiger partial charge on any atom is -0.465 e. The molecule has 0 bridgehead atoms. The molecule has 1 fully saturated rings. The number of carbonyl (C=O) groups excluding carboxylic acids is 1. The van der Waals surface area contributed by atoms with Crippen LogP contribution < -0.4 is 15.8 Å². The molecule has 232 valence electrons. The maximum absolute atomic E-state index is 13.7. The van der Waals surface area contributed by atoms with Gasteiger partial charge in [0.15, 0.2) is 0 Å². The average Bonchev–Trinajstić information content (AvgIpc) is 3.35. The average molecular weight is 591 g/mol. The summed E-state index contributed by atoms with van der Waals surface area (Å²) >= 11 is 0. The first-order chi connectivity index (χ1) is 20.2. The molecular formula is C33H46N6O4. The fourth-order valence-corrected chi connectivity index (χ4v) is 6.62. The Kier molecular flexibility index (Phi) is 9.37. The minimum absolute atomic E-state index is 0.0258. The fraction of sp³-hybridized carbons (Fsp3) is 0.515. The number of aryl methyl sites for hydroxylation is 3. The summed E-state index contributed by atoms with van der Waals surface area (Å²) in [7, 11) is 1.93. The van der Waals surface area contributed by atoms with Gasteiger partial charge in [0.25, 0.3) is 11.5 Å². The van der Waals surface area contributed by atoms with Gasteiger partial charge < -0.3 is 29.8 Å². The van der Waals surface area contributed by atoms with Crippen LogP contribution in [-0.2, 0) is 13.6 Å². The van der Waals surface area contributed by atoms with Crippen molar-refractivity contribution >= 4 is 17.7 Å². The van der Waals surface area contributed by atoms with Crippen molar-refractivity contribution < 1.29 is 14.7 Å². The lowest BCUT2D eigenvalue weighted by Gasteiger charge is -2.45. The Morgan fingerprint density at radius 1 is 1.09 bits per heavy atom. The van der Waals surface area contributed by atoms with Crippen molar-refractivity contribution in [3.8, 4) is 11.4 Å². The number of amides is 2. The molecule has 10 heteroatoms. The molecule has 43 heavy (non-hydrogen) atoms. The number of rotatable bonds is 8. The Labute approximate surface area is 254 Å². The molecule has 2 heterocycles. The number of hydrogen-bond donors (Lipinski definition) is 3. The summed E-state index contributed by atoms with van der Waals surface area (Å²) in [5.41, 5.74) is 4.68. The predicted octanol–water partition coefficient (Wildman–Crippen LogP) is 5.55. The molecule has 3 aromatic rings. The van der Waals surface area contributed by atoms with Crippen LogP contribution in [0.15, 0.2) is 35.4 Å². The van der Waals surface area contributed by atoms with Gasteiger partial charge in [-0.2, -0.15) is 0 Å². The van der Waals surface area contributed by atoms with Crippen LogP contribution in [0.2, 0.25) is 0 Å². The van der Waals surface area contributed by atoms with Crippen molar-refractivity contribution in [1.29, 1.82) is 0 Å². The lowest BCUT2D eigenvalue weighted by molar-refractivity contribution is 0.0545. The molecule has 0 spiro atoms. The monoisotopic (exact) mass is 590 g/mol. The number of anilines is 1. The van der Waals surface area contributed by atoms with Gasteiger partial charge in [-0.15, -0.1) is 0 Å². The molecule has 0 unspecified atom stereocenters. The molecule has 2 amide bonds. The van der Waals surface area contributed by atoms with E-state index in [1.54, 1.807) is 11.1 Å². The smallest absolute Gasteiger partial charge is 0.407 e. The lowest BCUT2D eigenvalue weighted by Crippen LogP contribution is -2.53. The highest BCUT2D eigenvalue weighted by Crippen LogP contribution is 2.36. The first-order valence-electron chi connectivity index (χ1n) is 15.1. The van der Waals surface area contributed by atoms with E-state index < -0.39 is 11.6 Å². The summed E-state index contributed by atoms with van der Waals surface area (Å²) < 4.78 is 1.93. The van der Waals surface area contributed by atoms with Crippen molar-refractivity contribution in [2.75, 3.05) is 11.4 Å². The first-order valence-corrected chi connectivity index (χ1v) is 15.1. The lowest BCUT2D eigenvalue weighted by atomic mass is 9.86. The number of nitrogens with zero attached hydrogens (tertiary/aromatic N) is 4. The number of carbonyl (C=O) groups is 2. The van der Waals surface area contributed by atoms with E-state index in [-0.39, 0.29) is 30.1 Å². The van der Waals surface area contributed by atoms with Crippen LogP contribution in [0.1, 0.15) is 86.1 Å². The number of hydrogen-bond acceptors (Lipinski definition) is 5. The van der Waals surface area contributed by atoms with E-state index >= 15 is 0 Å². The fourth-order valence-electron chi connectivity index (χ4n) is 6.62. The molecule has 1 aromatic carbocycles. The number of benzene rings is 1. The van der Waals surface area contributed by atoms with E-state index in [2.05, 4.69) is 33.2 Å². The summed E-state index contributed by atoms with van der Waals surface area (Å²) in [5.74, 6) is 0.499. The molecule has 1 aliphatic rings. The molecule has 3 N–H and O–H groups in total. The topological polar surface area (TPSA) is 124 Å². The highest BCUT2D eigenvalue weighted by Gasteiger charge is 2.37. The van der Waals surface area contributed by atoms with E-state index in [0.717, 1.165) is 66.1 Å². The van der Waals surface area contributed by atoms with Crippen molar-refractivity contribution in [1.82, 2.24) is 24.8 Å². The molecule has 10 nitrogen and oxygen atoms in total. The summed E-state index contributed by atoms with van der Waals surface area (Å²) in [6.07, 6.45) is 6.00. The van der Waals surface area contributed by atoms with Crippen LogP contribution in [0, 0.1) is 20.8 Å². The van der Waals surface area contributed by atoms with Gasteiger partial charge in [0.05, 0.1) is 0 Å². The summed E-state index contributed by atoms with van der Waals surface area (Å²) in [5, 5.41) is 12.9. The second-order valence-corrected chi connectivity index (χ2v) is 12.7. The summed E-state index contributed by atoms with van der Waals surface area (Å²) in [4.78, 5) is 49.7. The van der Waals surface area contributed by atoms with Crippen LogP contribution in [-0.4, -0.2) is 60.7 Å². The highest BCUT2D eigenvalue weighted by atomic mass is 16.4. The van der Waals surface area contributed by atoms with Crippen LogP contribution in [0.5, 0.6) is 0 Å². The van der Waals surface area contributed by atoms with Crippen molar-refractivity contribution in [3.63, 3.8) is 0 Å². The van der Waals surface area contributed by atoms with Gasteiger partial charge in [0, 0.05) is 78.2 Å². The third-order valence-corrected chi connectivity index (χ3v) is 8.67. The molecule has 1 aliphatic carbocycles. The largest absolute Gasteiger partial charge is 0.465 e. The molecule has 0 aliphatic heterocycles. The second kappa shape index (κ2) is 12.7. The second-order valence-electron chi connectivity index (χ2n) is 12.7. The Balaban J connectivity index is 1.66. The number of H-pyrrole nitrogens is 1. The van der Waals surface area contributed by atoms with Gasteiger partial charge >= 0.3 is 6.09 Å². The van der Waals surface area contributed by atoms with Crippen molar-refractivity contribution in [3.05, 3.63) is 68.9 Å². The van der Waals surface area contributed by atoms with E-state index in [9.17, 15) is 19.5 Å². The summed E-state index contributed by atoms with van der Waals surface area (Å²) in [6.45, 7) is 14.5. The van der Waals surface area contributed by atoms with E-state index in [0.29, 0.717) is 11.1 Å². The number of carboxylic acid groups (broad SMARTS) is 1. The number of pyridine rings is 1. The van der Waals surface area contributed by atoms with Crippen LogP contribution in [0.25, 0.3) is 11.4 Å². The zero-order chi connectivity index (χ0) is 31.6. The predicted molar refractivity (Wildman–Crippen MR) is 170 cm³/mol. The van der Waals surface area contributed by atoms with Gasteiger partial charge in [0.2, 0.25) is 0 Å².